The van der Waals surface area contributed by atoms with E-state index in [4.69, 9.17) is 16.3 Å². The molecule has 0 spiro atoms. The minimum absolute atomic E-state index is 0.469. The zero-order chi connectivity index (χ0) is 37.9. The van der Waals surface area contributed by atoms with Gasteiger partial charge in [0.15, 0.2) is 17.5 Å². The molecule has 3 aromatic heterocycles. The summed E-state index contributed by atoms with van der Waals surface area (Å²) in [5.74, 6) is 1.80. The molecule has 11 aromatic rings. The Morgan fingerprint density at radius 1 is 0.393 bits per heavy atom. The monoisotopic (exact) mass is 733 g/mol. The molecule has 0 saturated heterocycles. The molecule has 0 N–H and O–H groups in total. The molecular weight excluding hydrogens is 701 g/mol. The molecule has 0 bridgehead atoms. The zero-order valence-corrected chi connectivity index (χ0v) is 30.9. The van der Waals surface area contributed by atoms with Gasteiger partial charge in [-0.05, 0) is 52.6 Å². The van der Waals surface area contributed by atoms with E-state index in [2.05, 4.69) is 114 Å². The third-order valence-corrected chi connectivity index (χ3v) is 11.8. The Kier molecular flexibility index (Phi) is 7.39. The van der Waals surface area contributed by atoms with Gasteiger partial charge in [-0.1, -0.05) is 164 Å². The quantitative estimate of drug-likeness (QED) is 0.171. The molecule has 0 fully saturated rings. The van der Waals surface area contributed by atoms with Crippen LogP contribution in [0.3, 0.4) is 0 Å². The summed E-state index contributed by atoms with van der Waals surface area (Å²) in [6, 6.07) is 65.7. The van der Waals surface area contributed by atoms with E-state index in [-0.39, 0.29) is 0 Å². The van der Waals surface area contributed by atoms with Gasteiger partial charge >= 0.3 is 0 Å². The second-order valence-electron chi connectivity index (χ2n) is 13.9. The van der Waals surface area contributed by atoms with Crippen LogP contribution in [0, 0.1) is 0 Å². The number of benzene rings is 8. The van der Waals surface area contributed by atoms with Crippen LogP contribution in [0.4, 0.5) is 0 Å². The number of fused-ring (bicyclic) bond motifs is 6. The summed E-state index contributed by atoms with van der Waals surface area (Å²) in [4.78, 5) is 15.5. The summed E-state index contributed by atoms with van der Waals surface area (Å²) in [6.07, 6.45) is 0. The fraction of sp³-hybridized carbons (Fsp3) is 0. The molecule has 0 radical (unpaired) electrons. The highest BCUT2D eigenvalue weighted by Crippen LogP contribution is 2.43. The van der Waals surface area contributed by atoms with Crippen LogP contribution in [0.15, 0.2) is 194 Å². The Morgan fingerprint density at radius 3 is 1.77 bits per heavy atom. The zero-order valence-electron chi connectivity index (χ0n) is 31.1. The number of nitrogens with zero attached hydrogens (tertiary/aromatic N) is 4. The highest BCUT2D eigenvalue weighted by molar-refractivity contribution is 7.26. The highest BCUT2D eigenvalue weighted by Gasteiger charge is 2.21. The Bertz CT molecular complexity index is 3240. The number of hydrogen-bond donors (Lipinski definition) is 0. The molecule has 8 aromatic carbocycles. The van der Waals surface area contributed by atoms with Crippen LogP contribution >= 0.6 is 11.3 Å². The number of rotatable bonds is 6. The Hall–Kier alpha value is -7.21. The van der Waals surface area contributed by atoms with E-state index < -0.39 is 0 Å². The van der Waals surface area contributed by atoms with Crippen molar-refractivity contribution in [3.8, 4) is 62.1 Å². The summed E-state index contributed by atoms with van der Waals surface area (Å²) < 4.78 is 13.5. The van der Waals surface area contributed by atoms with Crippen LogP contribution in [0.1, 0.15) is 1.37 Å². The van der Waals surface area contributed by atoms with Crippen molar-refractivity contribution in [2.75, 3.05) is 0 Å². The smallest absolute Gasteiger partial charge is 0.166 e. The molecule has 4 nitrogen and oxygen atoms in total. The fourth-order valence-electron chi connectivity index (χ4n) is 7.95. The van der Waals surface area contributed by atoms with Crippen LogP contribution < -0.4 is 0 Å². The summed E-state index contributed by atoms with van der Waals surface area (Å²) in [7, 11) is 0. The molecule has 0 saturated carbocycles. The first-order valence-corrected chi connectivity index (χ1v) is 19.5. The summed E-state index contributed by atoms with van der Waals surface area (Å²) in [5, 5.41) is 4.62. The van der Waals surface area contributed by atoms with Gasteiger partial charge in [0, 0.05) is 47.6 Å². The van der Waals surface area contributed by atoms with Crippen LogP contribution in [0.2, 0.25) is 0 Å². The normalized spacial score (nSPS) is 11.8. The van der Waals surface area contributed by atoms with E-state index >= 15 is 0 Å². The van der Waals surface area contributed by atoms with E-state index in [0.717, 1.165) is 60.9 Å². The average Bonchev–Trinajstić information content (AvgIpc) is 3.82. The number of thiophene rings is 1. The SMILES string of the molecule is [2H]c1ccc2c(c1)c1ccc(-c3ccccc3)cc1n2-c1cc(-c2cccc3c2sc2ccccc23)ccc1-c1nc(-c2ccccc2)nc(-c2ccccc2)n1. The Labute approximate surface area is 329 Å². The van der Waals surface area contributed by atoms with Gasteiger partial charge in [-0.3, -0.25) is 0 Å². The lowest BCUT2D eigenvalue weighted by Crippen LogP contribution is -2.04. The second-order valence-corrected chi connectivity index (χ2v) is 15.0. The van der Waals surface area contributed by atoms with Gasteiger partial charge < -0.3 is 4.57 Å². The number of para-hydroxylation sites is 1. The molecule has 0 aliphatic carbocycles. The van der Waals surface area contributed by atoms with Gasteiger partial charge in [0.1, 0.15) is 0 Å². The lowest BCUT2D eigenvalue weighted by atomic mass is 9.99. The molecule has 3 heterocycles. The van der Waals surface area contributed by atoms with Crippen molar-refractivity contribution in [2.24, 2.45) is 0 Å². The van der Waals surface area contributed by atoms with Crippen LogP contribution in [-0.2, 0) is 0 Å². The fourth-order valence-corrected chi connectivity index (χ4v) is 9.19. The first-order valence-electron chi connectivity index (χ1n) is 19.2. The maximum absolute atomic E-state index is 8.66. The Morgan fingerprint density at radius 2 is 1.02 bits per heavy atom. The molecule has 0 atom stereocenters. The van der Waals surface area contributed by atoms with Gasteiger partial charge in [0.25, 0.3) is 0 Å². The number of hydrogen-bond acceptors (Lipinski definition) is 4. The van der Waals surface area contributed by atoms with E-state index in [0.29, 0.717) is 23.5 Å². The molecule has 0 amide bonds. The van der Waals surface area contributed by atoms with Crippen molar-refractivity contribution >= 4 is 53.3 Å². The second kappa shape index (κ2) is 13.3. The van der Waals surface area contributed by atoms with Gasteiger partial charge in [-0.2, -0.15) is 0 Å². The third-order valence-electron chi connectivity index (χ3n) is 10.6. The molecule has 5 heteroatoms. The van der Waals surface area contributed by atoms with Gasteiger partial charge in [0.05, 0.1) is 18.1 Å². The van der Waals surface area contributed by atoms with Crippen LogP contribution in [-0.4, -0.2) is 19.5 Å². The topological polar surface area (TPSA) is 43.6 Å². The maximum atomic E-state index is 8.66. The Balaban J connectivity index is 1.24. The van der Waals surface area contributed by atoms with Crippen molar-refractivity contribution in [1.29, 1.82) is 0 Å². The molecule has 56 heavy (non-hydrogen) atoms. The molecular formula is C51H32N4S. The van der Waals surface area contributed by atoms with E-state index in [1.54, 1.807) is 0 Å². The van der Waals surface area contributed by atoms with Crippen molar-refractivity contribution in [3.05, 3.63) is 194 Å². The summed E-state index contributed by atoms with van der Waals surface area (Å²) in [6.45, 7) is 0. The minimum Gasteiger partial charge on any atom is -0.308 e. The van der Waals surface area contributed by atoms with Crippen molar-refractivity contribution < 1.29 is 1.37 Å². The first-order chi connectivity index (χ1) is 28.2. The standard InChI is InChI=1S/C51H32N4S/c1-4-15-33(16-5-1)36-27-29-40-39-21-10-12-25-44(39)55(45(40)31-36)46-32-37(38-23-14-24-42-41-22-11-13-26-47(41)56-48(38)42)28-30-43(46)51-53-49(34-17-6-2-7-18-34)52-50(54-51)35-19-8-3-9-20-35/h1-32H/i10D. The predicted octanol–water partition coefficient (Wildman–Crippen LogP) is 13.7. The lowest BCUT2D eigenvalue weighted by Gasteiger charge is -2.17. The molecule has 0 aliphatic rings. The van der Waals surface area contributed by atoms with E-state index in [9.17, 15) is 0 Å². The summed E-state index contributed by atoms with van der Waals surface area (Å²) >= 11 is 1.83. The van der Waals surface area contributed by atoms with Crippen molar-refractivity contribution in [2.45, 2.75) is 0 Å². The minimum atomic E-state index is 0.469. The van der Waals surface area contributed by atoms with Gasteiger partial charge in [-0.15, -0.1) is 11.3 Å². The lowest BCUT2D eigenvalue weighted by molar-refractivity contribution is 1.06. The highest BCUT2D eigenvalue weighted by atomic mass is 32.1. The average molecular weight is 734 g/mol. The largest absolute Gasteiger partial charge is 0.308 e. The number of aromatic nitrogens is 4. The molecule has 11 rings (SSSR count). The maximum Gasteiger partial charge on any atom is 0.166 e. The van der Waals surface area contributed by atoms with E-state index in [1.807, 2.05) is 90.2 Å². The van der Waals surface area contributed by atoms with Crippen LogP contribution in [0.5, 0.6) is 0 Å². The van der Waals surface area contributed by atoms with Gasteiger partial charge in [-0.25, -0.2) is 15.0 Å². The van der Waals surface area contributed by atoms with E-state index in [1.165, 1.54) is 25.7 Å². The van der Waals surface area contributed by atoms with Crippen molar-refractivity contribution in [1.82, 2.24) is 19.5 Å². The van der Waals surface area contributed by atoms with Crippen LogP contribution in [0.25, 0.3) is 104 Å². The first kappa shape index (κ1) is 31.2. The van der Waals surface area contributed by atoms with Crippen molar-refractivity contribution in [3.63, 3.8) is 0 Å². The molecule has 262 valence electrons. The third kappa shape index (κ3) is 5.40. The summed E-state index contributed by atoms with van der Waals surface area (Å²) in [5.41, 5.74) is 10.2. The van der Waals surface area contributed by atoms with Gasteiger partial charge in [0.2, 0.25) is 0 Å². The predicted molar refractivity (Wildman–Crippen MR) is 234 cm³/mol. The molecule has 0 aliphatic heterocycles. The molecule has 0 unspecified atom stereocenters.